The van der Waals surface area contributed by atoms with Crippen molar-refractivity contribution in [3.63, 3.8) is 0 Å². The first-order chi connectivity index (χ1) is 8.59. The number of aliphatic carboxylic acids is 1. The fraction of sp³-hybridized carbons (Fsp3) is 0.846. The maximum Gasteiger partial charge on any atom is 0.329 e. The lowest BCUT2D eigenvalue weighted by Crippen LogP contribution is -2.57. The molecule has 0 aromatic rings. The van der Waals surface area contributed by atoms with Crippen LogP contribution >= 0.6 is 0 Å². The van der Waals surface area contributed by atoms with Gasteiger partial charge >= 0.3 is 12.0 Å². The Morgan fingerprint density at radius 1 is 1.33 bits per heavy atom. The molecule has 0 spiro atoms. The van der Waals surface area contributed by atoms with E-state index in [0.717, 1.165) is 38.6 Å². The molecule has 2 aliphatic rings. The molecule has 0 radical (unpaired) electrons. The lowest BCUT2D eigenvalue weighted by Gasteiger charge is -2.31. The monoisotopic (exact) mass is 254 g/mol. The highest BCUT2D eigenvalue weighted by Crippen LogP contribution is 2.31. The molecule has 2 rings (SSSR count). The van der Waals surface area contributed by atoms with Crippen LogP contribution in [0.15, 0.2) is 0 Å². The second-order valence-corrected chi connectivity index (χ2v) is 5.42. The number of carbonyl (C=O) groups is 2. The van der Waals surface area contributed by atoms with E-state index in [9.17, 15) is 14.7 Å². The third-order valence-corrected chi connectivity index (χ3v) is 4.32. The molecule has 1 atom stereocenters. The molecule has 2 fully saturated rings. The minimum absolute atomic E-state index is 0.191. The van der Waals surface area contributed by atoms with Gasteiger partial charge < -0.3 is 15.3 Å². The molecular formula is C13H22N2O3. The minimum Gasteiger partial charge on any atom is -0.480 e. The molecule has 1 unspecified atom stereocenters. The summed E-state index contributed by atoms with van der Waals surface area (Å²) in [6, 6.07) is 0.0842. The van der Waals surface area contributed by atoms with Gasteiger partial charge in [-0.25, -0.2) is 9.59 Å². The molecular weight excluding hydrogens is 232 g/mol. The fourth-order valence-electron chi connectivity index (χ4n) is 3.17. The van der Waals surface area contributed by atoms with Gasteiger partial charge in [0, 0.05) is 12.6 Å². The molecule has 2 N–H and O–H groups in total. The average Bonchev–Trinajstić information content (AvgIpc) is 2.97. The Balaban J connectivity index is 2.03. The number of likely N-dealkylation sites (tertiary alicyclic amines) is 1. The summed E-state index contributed by atoms with van der Waals surface area (Å²) in [5, 5.41) is 12.1. The van der Waals surface area contributed by atoms with Crippen LogP contribution in [-0.4, -0.2) is 40.1 Å². The number of amides is 2. The van der Waals surface area contributed by atoms with Crippen molar-refractivity contribution in [3.8, 4) is 0 Å². The summed E-state index contributed by atoms with van der Waals surface area (Å²) >= 11 is 0. The summed E-state index contributed by atoms with van der Waals surface area (Å²) < 4.78 is 0. The number of urea groups is 1. The van der Waals surface area contributed by atoms with Crippen LogP contribution in [0.3, 0.4) is 0 Å². The predicted octanol–water partition coefficient (Wildman–Crippen LogP) is 1.97. The van der Waals surface area contributed by atoms with Crippen molar-refractivity contribution in [2.75, 3.05) is 6.54 Å². The summed E-state index contributed by atoms with van der Waals surface area (Å²) in [6.07, 6.45) is 5.86. The lowest BCUT2D eigenvalue weighted by atomic mass is 9.98. The molecule has 1 heterocycles. The van der Waals surface area contributed by atoms with E-state index < -0.39 is 11.5 Å². The second kappa shape index (κ2) is 5.16. The zero-order valence-corrected chi connectivity index (χ0v) is 10.9. The van der Waals surface area contributed by atoms with Gasteiger partial charge in [-0.3, -0.25) is 0 Å². The van der Waals surface area contributed by atoms with Crippen molar-refractivity contribution >= 4 is 12.0 Å². The first-order valence-electron chi connectivity index (χ1n) is 6.91. The van der Waals surface area contributed by atoms with Crippen LogP contribution in [0.2, 0.25) is 0 Å². The van der Waals surface area contributed by atoms with Gasteiger partial charge in [0.2, 0.25) is 0 Å². The van der Waals surface area contributed by atoms with Crippen LogP contribution in [0.25, 0.3) is 0 Å². The summed E-state index contributed by atoms with van der Waals surface area (Å²) in [4.78, 5) is 25.4. The van der Waals surface area contributed by atoms with Gasteiger partial charge in [0.1, 0.15) is 5.54 Å². The van der Waals surface area contributed by atoms with Gasteiger partial charge in [0.15, 0.2) is 0 Å². The van der Waals surface area contributed by atoms with E-state index in [0.29, 0.717) is 12.8 Å². The highest BCUT2D eigenvalue weighted by Gasteiger charge is 2.44. The molecule has 1 aliphatic heterocycles. The number of rotatable bonds is 3. The molecule has 5 heteroatoms. The molecule has 0 aromatic heterocycles. The van der Waals surface area contributed by atoms with Crippen molar-refractivity contribution in [2.45, 2.75) is 63.5 Å². The third-order valence-electron chi connectivity index (χ3n) is 4.32. The molecule has 1 saturated heterocycles. The van der Waals surface area contributed by atoms with Crippen molar-refractivity contribution in [2.24, 2.45) is 0 Å². The van der Waals surface area contributed by atoms with Crippen LogP contribution < -0.4 is 5.32 Å². The summed E-state index contributed by atoms with van der Waals surface area (Å²) in [5.41, 5.74) is -1.02. The molecule has 1 aliphatic carbocycles. The third kappa shape index (κ3) is 2.31. The maximum absolute atomic E-state index is 12.2. The van der Waals surface area contributed by atoms with Gasteiger partial charge in [0.05, 0.1) is 0 Å². The zero-order valence-electron chi connectivity index (χ0n) is 10.9. The zero-order chi connectivity index (χ0) is 13.2. The topological polar surface area (TPSA) is 69.6 Å². The van der Waals surface area contributed by atoms with Crippen LogP contribution in [0, 0.1) is 0 Å². The number of carboxylic acids is 1. The minimum atomic E-state index is -1.02. The molecule has 102 valence electrons. The molecule has 1 saturated carbocycles. The number of hydrogen-bond acceptors (Lipinski definition) is 2. The van der Waals surface area contributed by atoms with E-state index in [1.54, 1.807) is 0 Å². The highest BCUT2D eigenvalue weighted by molar-refractivity contribution is 5.86. The van der Waals surface area contributed by atoms with Crippen LogP contribution in [0.1, 0.15) is 51.9 Å². The number of carbonyl (C=O) groups excluding carboxylic acids is 1. The van der Waals surface area contributed by atoms with E-state index in [-0.39, 0.29) is 12.1 Å². The van der Waals surface area contributed by atoms with E-state index >= 15 is 0 Å². The van der Waals surface area contributed by atoms with E-state index in [4.69, 9.17) is 0 Å². The largest absolute Gasteiger partial charge is 0.480 e. The summed E-state index contributed by atoms with van der Waals surface area (Å²) in [5.74, 6) is -0.888. The van der Waals surface area contributed by atoms with Crippen molar-refractivity contribution in [1.29, 1.82) is 0 Å². The van der Waals surface area contributed by atoms with Gasteiger partial charge in [-0.1, -0.05) is 19.8 Å². The fourth-order valence-corrected chi connectivity index (χ4v) is 3.17. The van der Waals surface area contributed by atoms with E-state index in [1.807, 2.05) is 4.90 Å². The maximum atomic E-state index is 12.2. The predicted molar refractivity (Wildman–Crippen MR) is 67.4 cm³/mol. The number of nitrogens with one attached hydrogen (secondary N) is 1. The Hall–Kier alpha value is -1.26. The number of carboxylic acid groups (broad SMARTS) is 1. The molecule has 0 bridgehead atoms. The number of nitrogens with zero attached hydrogens (tertiary/aromatic N) is 1. The first-order valence-corrected chi connectivity index (χ1v) is 6.91. The van der Waals surface area contributed by atoms with Crippen LogP contribution in [-0.2, 0) is 4.79 Å². The van der Waals surface area contributed by atoms with Crippen molar-refractivity contribution < 1.29 is 14.7 Å². The molecule has 2 amide bonds. The lowest BCUT2D eigenvalue weighted by molar-refractivity contribution is -0.144. The van der Waals surface area contributed by atoms with Gasteiger partial charge in [-0.05, 0) is 32.1 Å². The van der Waals surface area contributed by atoms with Gasteiger partial charge in [-0.15, -0.1) is 0 Å². The summed E-state index contributed by atoms with van der Waals surface area (Å²) in [7, 11) is 0. The Labute approximate surface area is 108 Å². The summed E-state index contributed by atoms with van der Waals surface area (Å²) in [6.45, 7) is 2.82. The quantitative estimate of drug-likeness (QED) is 0.809. The van der Waals surface area contributed by atoms with Crippen LogP contribution in [0.4, 0.5) is 4.79 Å². The SMILES string of the molecule is CCC1CCCN1C(=O)NC1(C(=O)O)CCCC1. The van der Waals surface area contributed by atoms with E-state index in [2.05, 4.69) is 12.2 Å². The second-order valence-electron chi connectivity index (χ2n) is 5.42. The van der Waals surface area contributed by atoms with Gasteiger partial charge in [0.25, 0.3) is 0 Å². The molecule has 18 heavy (non-hydrogen) atoms. The Kier molecular flexibility index (Phi) is 3.78. The van der Waals surface area contributed by atoms with Crippen molar-refractivity contribution in [3.05, 3.63) is 0 Å². The smallest absolute Gasteiger partial charge is 0.329 e. The molecule has 5 nitrogen and oxygen atoms in total. The first kappa shape index (κ1) is 13.2. The van der Waals surface area contributed by atoms with Crippen LogP contribution in [0.5, 0.6) is 0 Å². The molecule has 0 aromatic carbocycles. The Bertz CT molecular complexity index is 337. The Morgan fingerprint density at radius 2 is 2.00 bits per heavy atom. The number of hydrogen-bond donors (Lipinski definition) is 2. The van der Waals surface area contributed by atoms with Gasteiger partial charge in [-0.2, -0.15) is 0 Å². The van der Waals surface area contributed by atoms with Crippen molar-refractivity contribution in [1.82, 2.24) is 10.2 Å². The standard InChI is InChI=1S/C13H22N2O3/c1-2-10-6-5-9-15(10)12(18)14-13(11(16)17)7-3-4-8-13/h10H,2-9H2,1H3,(H,14,18)(H,16,17). The highest BCUT2D eigenvalue weighted by atomic mass is 16.4. The normalized spacial score (nSPS) is 26.3. The Morgan fingerprint density at radius 3 is 2.56 bits per heavy atom. The van der Waals surface area contributed by atoms with E-state index in [1.165, 1.54) is 0 Å². The average molecular weight is 254 g/mol.